The van der Waals surface area contributed by atoms with Gasteiger partial charge >= 0.3 is 0 Å². The molecule has 0 aliphatic carbocycles. The van der Waals surface area contributed by atoms with Gasteiger partial charge in [0.05, 0.1) is 24.2 Å². The van der Waals surface area contributed by atoms with E-state index in [1.54, 1.807) is 36.4 Å². The Balaban J connectivity index is 1.66. The van der Waals surface area contributed by atoms with Crippen LogP contribution in [0.2, 0.25) is 0 Å². The molecule has 0 atom stereocenters. The Morgan fingerprint density at radius 3 is 2.03 bits per heavy atom. The summed E-state index contributed by atoms with van der Waals surface area (Å²) in [6.07, 6.45) is 0. The summed E-state index contributed by atoms with van der Waals surface area (Å²) < 4.78 is 38.9. The van der Waals surface area contributed by atoms with Gasteiger partial charge in [0, 0.05) is 0 Å². The van der Waals surface area contributed by atoms with Gasteiger partial charge in [-0.1, -0.05) is 50.6 Å². The number of hydrogen-bond acceptors (Lipinski definition) is 5. The fraction of sp³-hybridized carbons (Fsp3) is 0.321. The fourth-order valence-electron chi connectivity index (χ4n) is 3.50. The van der Waals surface area contributed by atoms with E-state index in [2.05, 4.69) is 26.1 Å². The third-order valence-corrected chi connectivity index (χ3v) is 7.46. The molecular weight excluding hydrogens is 476 g/mol. The molecule has 0 unspecified atom stereocenters. The number of aryl methyl sites for hydroxylation is 1. The average Bonchev–Trinajstić information content (AvgIpc) is 2.85. The lowest BCUT2D eigenvalue weighted by atomic mass is 9.87. The van der Waals surface area contributed by atoms with Gasteiger partial charge in [0.2, 0.25) is 5.91 Å². The monoisotopic (exact) mass is 510 g/mol. The summed E-state index contributed by atoms with van der Waals surface area (Å²) in [6, 6.07) is 20.9. The van der Waals surface area contributed by atoms with Crippen molar-refractivity contribution in [1.29, 1.82) is 0 Å². The molecule has 1 amide bonds. The van der Waals surface area contributed by atoms with Crippen molar-refractivity contribution in [2.75, 3.05) is 31.1 Å². The highest BCUT2D eigenvalue weighted by molar-refractivity contribution is 7.92. The number of methoxy groups -OCH3 is 1. The second-order valence-electron chi connectivity index (χ2n) is 9.50. The summed E-state index contributed by atoms with van der Waals surface area (Å²) in [5.74, 6) is 0.857. The number of hydrogen-bond donors (Lipinski definition) is 1. The molecule has 3 aromatic carbocycles. The first-order chi connectivity index (χ1) is 17.0. The summed E-state index contributed by atoms with van der Waals surface area (Å²) in [5.41, 5.74) is 2.57. The Morgan fingerprint density at radius 1 is 0.889 bits per heavy atom. The van der Waals surface area contributed by atoms with Crippen LogP contribution in [0.25, 0.3) is 0 Å². The molecule has 0 aliphatic rings. The predicted octanol–water partition coefficient (Wildman–Crippen LogP) is 4.69. The highest BCUT2D eigenvalue weighted by atomic mass is 32.2. The number of amides is 1. The normalized spacial score (nSPS) is 11.6. The first-order valence-electron chi connectivity index (χ1n) is 11.7. The number of carbonyl (C=O) groups excluding carboxylic acids is 1. The van der Waals surface area contributed by atoms with Crippen LogP contribution in [0.4, 0.5) is 5.69 Å². The molecular formula is C28H34N2O5S. The number of carbonyl (C=O) groups is 1. The number of sulfonamides is 1. The van der Waals surface area contributed by atoms with Gasteiger partial charge in [-0.2, -0.15) is 0 Å². The SMILES string of the molecule is COc1ccc(N(CC(=O)NCCOc2ccc(C(C)(C)C)cc2)S(=O)(=O)c2ccc(C)cc2)cc1. The molecule has 3 aromatic rings. The van der Waals surface area contributed by atoms with Crippen LogP contribution in [0.15, 0.2) is 77.7 Å². The van der Waals surface area contributed by atoms with E-state index in [1.807, 2.05) is 31.2 Å². The van der Waals surface area contributed by atoms with Crippen molar-refractivity contribution in [2.45, 2.75) is 38.0 Å². The number of benzene rings is 3. The zero-order valence-corrected chi connectivity index (χ0v) is 22.3. The maximum Gasteiger partial charge on any atom is 0.264 e. The molecule has 0 spiro atoms. The Labute approximate surface area is 214 Å². The van der Waals surface area contributed by atoms with Crippen molar-refractivity contribution in [1.82, 2.24) is 5.32 Å². The molecule has 192 valence electrons. The standard InChI is InChI=1S/C28H34N2O5S/c1-21-6-16-26(17-7-21)36(32,33)30(23-10-14-24(34-5)15-11-23)20-27(31)29-18-19-35-25-12-8-22(9-13-25)28(2,3)4/h6-17H,18-20H2,1-5H3,(H,29,31). The smallest absolute Gasteiger partial charge is 0.264 e. The number of nitrogens with one attached hydrogen (secondary N) is 1. The second kappa shape index (κ2) is 11.5. The van der Waals surface area contributed by atoms with E-state index in [9.17, 15) is 13.2 Å². The minimum Gasteiger partial charge on any atom is -0.497 e. The minimum absolute atomic E-state index is 0.0567. The molecule has 0 fully saturated rings. The number of anilines is 1. The number of nitrogens with zero attached hydrogens (tertiary/aromatic N) is 1. The lowest BCUT2D eigenvalue weighted by Gasteiger charge is -2.24. The molecule has 0 radical (unpaired) electrons. The van der Waals surface area contributed by atoms with Crippen molar-refractivity contribution in [3.63, 3.8) is 0 Å². The maximum atomic E-state index is 13.4. The van der Waals surface area contributed by atoms with Crippen LogP contribution in [-0.4, -0.2) is 41.1 Å². The molecule has 0 saturated heterocycles. The third kappa shape index (κ3) is 7.01. The minimum atomic E-state index is -3.97. The van der Waals surface area contributed by atoms with E-state index in [0.717, 1.165) is 9.87 Å². The van der Waals surface area contributed by atoms with Gasteiger partial charge in [-0.05, 0) is 66.4 Å². The Morgan fingerprint density at radius 2 is 1.47 bits per heavy atom. The number of ether oxygens (including phenoxy) is 2. The summed E-state index contributed by atoms with van der Waals surface area (Å²) in [4.78, 5) is 12.9. The Bertz CT molecular complexity index is 1250. The van der Waals surface area contributed by atoms with Crippen LogP contribution in [0, 0.1) is 6.92 Å². The quantitative estimate of drug-likeness (QED) is 0.400. The molecule has 0 aliphatic heterocycles. The third-order valence-electron chi connectivity index (χ3n) is 5.67. The van der Waals surface area contributed by atoms with Gasteiger partial charge in [-0.3, -0.25) is 9.10 Å². The summed E-state index contributed by atoms with van der Waals surface area (Å²) in [6.45, 7) is 8.44. The topological polar surface area (TPSA) is 84.9 Å². The molecule has 7 nitrogen and oxygen atoms in total. The van der Waals surface area contributed by atoms with E-state index >= 15 is 0 Å². The largest absolute Gasteiger partial charge is 0.497 e. The van der Waals surface area contributed by atoms with Crippen molar-refractivity contribution in [2.24, 2.45) is 0 Å². The Kier molecular flexibility index (Phi) is 8.63. The van der Waals surface area contributed by atoms with Gasteiger partial charge in [0.1, 0.15) is 24.7 Å². The van der Waals surface area contributed by atoms with E-state index < -0.39 is 15.9 Å². The van der Waals surface area contributed by atoms with Crippen LogP contribution in [0.1, 0.15) is 31.9 Å². The van der Waals surface area contributed by atoms with Crippen LogP contribution >= 0.6 is 0 Å². The zero-order valence-electron chi connectivity index (χ0n) is 21.4. The van der Waals surface area contributed by atoms with E-state index in [1.165, 1.54) is 24.8 Å². The van der Waals surface area contributed by atoms with Crippen molar-refractivity contribution in [3.05, 3.63) is 83.9 Å². The lowest BCUT2D eigenvalue weighted by molar-refractivity contribution is -0.119. The first-order valence-corrected chi connectivity index (χ1v) is 13.2. The van der Waals surface area contributed by atoms with Gasteiger partial charge in [-0.25, -0.2) is 8.42 Å². The molecule has 0 bridgehead atoms. The summed E-state index contributed by atoms with van der Waals surface area (Å²) in [7, 11) is -2.44. The van der Waals surface area contributed by atoms with Crippen molar-refractivity contribution in [3.8, 4) is 11.5 Å². The van der Waals surface area contributed by atoms with Crippen LogP contribution < -0.4 is 19.1 Å². The van der Waals surface area contributed by atoms with Crippen molar-refractivity contribution < 1.29 is 22.7 Å². The first kappa shape index (κ1) is 27.1. The van der Waals surface area contributed by atoms with Gasteiger partial charge in [0.15, 0.2) is 0 Å². The average molecular weight is 511 g/mol. The maximum absolute atomic E-state index is 13.4. The number of rotatable bonds is 10. The molecule has 3 rings (SSSR count). The van der Waals surface area contributed by atoms with Gasteiger partial charge in [0.25, 0.3) is 10.0 Å². The molecule has 8 heteroatoms. The highest BCUT2D eigenvalue weighted by Crippen LogP contribution is 2.26. The van der Waals surface area contributed by atoms with Gasteiger partial charge < -0.3 is 14.8 Å². The molecule has 0 heterocycles. The summed E-state index contributed by atoms with van der Waals surface area (Å²) >= 11 is 0. The highest BCUT2D eigenvalue weighted by Gasteiger charge is 2.27. The van der Waals surface area contributed by atoms with Crippen molar-refractivity contribution >= 4 is 21.6 Å². The second-order valence-corrected chi connectivity index (χ2v) is 11.4. The van der Waals surface area contributed by atoms with E-state index in [4.69, 9.17) is 9.47 Å². The molecule has 0 saturated carbocycles. The van der Waals surface area contributed by atoms with Gasteiger partial charge in [-0.15, -0.1) is 0 Å². The fourth-order valence-corrected chi connectivity index (χ4v) is 4.92. The van der Waals surface area contributed by atoms with E-state index in [-0.39, 0.29) is 30.0 Å². The van der Waals surface area contributed by atoms with E-state index in [0.29, 0.717) is 17.2 Å². The van der Waals surface area contributed by atoms with Crippen LogP contribution in [0.5, 0.6) is 11.5 Å². The zero-order chi connectivity index (χ0) is 26.3. The molecule has 36 heavy (non-hydrogen) atoms. The Hall–Kier alpha value is -3.52. The molecule has 0 aromatic heterocycles. The predicted molar refractivity (Wildman–Crippen MR) is 142 cm³/mol. The molecule has 1 N–H and O–H groups in total. The summed E-state index contributed by atoms with van der Waals surface area (Å²) in [5, 5.41) is 2.75. The van der Waals surface area contributed by atoms with Crippen LogP contribution in [0.3, 0.4) is 0 Å². The lowest BCUT2D eigenvalue weighted by Crippen LogP contribution is -2.41. The van der Waals surface area contributed by atoms with Crippen LogP contribution in [-0.2, 0) is 20.2 Å².